The van der Waals surface area contributed by atoms with Crippen LogP contribution in [-0.4, -0.2) is 22.6 Å². The molecule has 0 aliphatic heterocycles. The lowest BCUT2D eigenvalue weighted by Gasteiger charge is -2.09. The summed E-state index contributed by atoms with van der Waals surface area (Å²) in [6.45, 7) is 0.471. The van der Waals surface area contributed by atoms with Crippen LogP contribution in [0.15, 0.2) is 61.2 Å². The van der Waals surface area contributed by atoms with E-state index >= 15 is 0 Å². The average molecular weight is 325 g/mol. The molecule has 0 radical (unpaired) electrons. The average Bonchev–Trinajstić information content (AvgIpc) is 3.14. The number of imidazole rings is 1. The zero-order valence-electron chi connectivity index (χ0n) is 13.1. The first-order chi connectivity index (χ1) is 11.7. The highest BCUT2D eigenvalue weighted by atomic mass is 19.1. The predicted molar refractivity (Wildman–Crippen MR) is 88.6 cm³/mol. The number of ether oxygens (including phenoxy) is 1. The summed E-state index contributed by atoms with van der Waals surface area (Å²) in [4.78, 5) is 15.3. The van der Waals surface area contributed by atoms with Gasteiger partial charge in [-0.15, -0.1) is 0 Å². The van der Waals surface area contributed by atoms with Crippen LogP contribution < -0.4 is 5.32 Å². The van der Waals surface area contributed by atoms with Crippen molar-refractivity contribution in [3.8, 4) is 5.69 Å². The van der Waals surface area contributed by atoms with E-state index in [0.717, 1.165) is 11.3 Å². The molecule has 0 atom stereocenters. The fraction of sp³-hybridized carbons (Fsp3) is 0.111. The highest BCUT2D eigenvalue weighted by molar-refractivity contribution is 5.89. The molecule has 24 heavy (non-hydrogen) atoms. The first-order valence-corrected chi connectivity index (χ1v) is 7.36. The maximum Gasteiger partial charge on any atom is 0.337 e. The van der Waals surface area contributed by atoms with E-state index in [1.165, 1.54) is 13.2 Å². The van der Waals surface area contributed by atoms with Gasteiger partial charge in [-0.3, -0.25) is 0 Å². The molecular weight excluding hydrogens is 309 g/mol. The molecule has 0 saturated heterocycles. The third kappa shape index (κ3) is 3.43. The third-order valence-electron chi connectivity index (χ3n) is 3.60. The van der Waals surface area contributed by atoms with Gasteiger partial charge in [-0.2, -0.15) is 0 Å². The van der Waals surface area contributed by atoms with Crippen molar-refractivity contribution in [2.45, 2.75) is 6.54 Å². The summed E-state index contributed by atoms with van der Waals surface area (Å²) in [6, 6.07) is 12.0. The van der Waals surface area contributed by atoms with E-state index in [0.29, 0.717) is 17.8 Å². The number of nitrogens with one attached hydrogen (secondary N) is 1. The molecule has 122 valence electrons. The van der Waals surface area contributed by atoms with Gasteiger partial charge in [0, 0.05) is 24.6 Å². The van der Waals surface area contributed by atoms with Crippen LogP contribution in [0.4, 0.5) is 10.1 Å². The molecule has 0 amide bonds. The lowest BCUT2D eigenvalue weighted by atomic mass is 10.1. The lowest BCUT2D eigenvalue weighted by Crippen LogP contribution is -2.03. The Labute approximate surface area is 138 Å². The maximum atomic E-state index is 14.2. The molecule has 1 aromatic heterocycles. The lowest BCUT2D eigenvalue weighted by molar-refractivity contribution is 0.0601. The van der Waals surface area contributed by atoms with E-state index in [9.17, 15) is 9.18 Å². The van der Waals surface area contributed by atoms with Crippen LogP contribution in [-0.2, 0) is 11.3 Å². The minimum atomic E-state index is -0.376. The molecule has 0 saturated carbocycles. The number of carbonyl (C=O) groups excluding carboxylic acids is 1. The van der Waals surface area contributed by atoms with E-state index in [1.54, 1.807) is 53.6 Å². The van der Waals surface area contributed by atoms with Crippen molar-refractivity contribution in [3.63, 3.8) is 0 Å². The molecule has 0 bridgehead atoms. The summed E-state index contributed by atoms with van der Waals surface area (Å²) in [7, 11) is 1.34. The Bertz CT molecular complexity index is 830. The largest absolute Gasteiger partial charge is 0.465 e. The normalized spacial score (nSPS) is 10.4. The van der Waals surface area contributed by atoms with Crippen molar-refractivity contribution in [1.29, 1.82) is 0 Å². The number of rotatable bonds is 5. The van der Waals surface area contributed by atoms with Crippen molar-refractivity contribution in [2.24, 2.45) is 0 Å². The van der Waals surface area contributed by atoms with Crippen LogP contribution in [0.5, 0.6) is 0 Å². The van der Waals surface area contributed by atoms with Crippen LogP contribution in [0.3, 0.4) is 0 Å². The number of carbonyl (C=O) groups is 1. The van der Waals surface area contributed by atoms with Gasteiger partial charge in [0.2, 0.25) is 0 Å². The molecule has 0 spiro atoms. The molecule has 1 heterocycles. The molecule has 3 aromatic rings. The number of halogens is 1. The summed E-state index contributed by atoms with van der Waals surface area (Å²) in [5.41, 5.74) is 2.59. The van der Waals surface area contributed by atoms with Crippen molar-refractivity contribution < 1.29 is 13.9 Å². The van der Waals surface area contributed by atoms with Crippen LogP contribution in [0.2, 0.25) is 0 Å². The van der Waals surface area contributed by atoms with E-state index < -0.39 is 0 Å². The Balaban J connectivity index is 1.66. The molecule has 0 unspecified atom stereocenters. The highest BCUT2D eigenvalue weighted by Gasteiger charge is 2.06. The minimum absolute atomic E-state index is 0.312. The van der Waals surface area contributed by atoms with Gasteiger partial charge in [0.1, 0.15) is 5.82 Å². The third-order valence-corrected chi connectivity index (χ3v) is 3.60. The van der Waals surface area contributed by atoms with Crippen molar-refractivity contribution in [1.82, 2.24) is 9.55 Å². The first-order valence-electron chi connectivity index (χ1n) is 7.36. The second-order valence-corrected chi connectivity index (χ2v) is 5.18. The molecule has 2 aromatic carbocycles. The Morgan fingerprint density at radius 1 is 1.25 bits per heavy atom. The topological polar surface area (TPSA) is 56.1 Å². The molecule has 1 N–H and O–H groups in total. The molecule has 0 aliphatic carbocycles. The van der Waals surface area contributed by atoms with E-state index in [-0.39, 0.29) is 11.8 Å². The van der Waals surface area contributed by atoms with Crippen LogP contribution in [0, 0.1) is 5.82 Å². The second-order valence-electron chi connectivity index (χ2n) is 5.18. The van der Waals surface area contributed by atoms with Gasteiger partial charge >= 0.3 is 5.97 Å². The number of anilines is 1. The van der Waals surface area contributed by atoms with Crippen LogP contribution in [0.1, 0.15) is 15.9 Å². The fourth-order valence-corrected chi connectivity index (χ4v) is 2.32. The minimum Gasteiger partial charge on any atom is -0.465 e. The summed E-state index contributed by atoms with van der Waals surface area (Å²) >= 11 is 0. The first kappa shape index (κ1) is 15.7. The van der Waals surface area contributed by atoms with Gasteiger partial charge in [-0.05, 0) is 42.0 Å². The highest BCUT2D eigenvalue weighted by Crippen LogP contribution is 2.17. The molecular formula is C18H16FN3O2. The number of nitrogens with zero attached hydrogens (tertiary/aromatic N) is 2. The van der Waals surface area contributed by atoms with Gasteiger partial charge in [0.15, 0.2) is 0 Å². The monoisotopic (exact) mass is 325 g/mol. The Hall–Kier alpha value is -3.15. The van der Waals surface area contributed by atoms with Gasteiger partial charge in [-0.25, -0.2) is 14.2 Å². The van der Waals surface area contributed by atoms with Crippen molar-refractivity contribution in [2.75, 3.05) is 12.4 Å². The second kappa shape index (κ2) is 6.95. The van der Waals surface area contributed by atoms with E-state index in [2.05, 4.69) is 15.0 Å². The van der Waals surface area contributed by atoms with Gasteiger partial charge < -0.3 is 14.6 Å². The number of aromatic nitrogens is 2. The summed E-state index contributed by atoms with van der Waals surface area (Å²) in [5, 5.41) is 3.19. The maximum absolute atomic E-state index is 14.2. The Morgan fingerprint density at radius 3 is 2.67 bits per heavy atom. The molecule has 3 rings (SSSR count). The van der Waals surface area contributed by atoms with E-state index in [1.807, 2.05) is 6.07 Å². The van der Waals surface area contributed by atoms with Gasteiger partial charge in [0.05, 0.1) is 24.7 Å². The molecule has 5 nitrogen and oxygen atoms in total. The number of hydrogen-bond acceptors (Lipinski definition) is 4. The predicted octanol–water partition coefficient (Wildman–Crippen LogP) is 3.41. The molecule has 0 fully saturated rings. The smallest absolute Gasteiger partial charge is 0.337 e. The summed E-state index contributed by atoms with van der Waals surface area (Å²) < 4.78 is 20.5. The van der Waals surface area contributed by atoms with Crippen LogP contribution in [0.25, 0.3) is 5.69 Å². The van der Waals surface area contributed by atoms with E-state index in [4.69, 9.17) is 0 Å². The van der Waals surface area contributed by atoms with Crippen molar-refractivity contribution >= 4 is 11.7 Å². The summed E-state index contributed by atoms with van der Waals surface area (Å²) in [6.07, 6.45) is 4.85. The molecule has 6 heteroatoms. The number of hydrogen-bond donors (Lipinski definition) is 1. The zero-order valence-corrected chi connectivity index (χ0v) is 13.1. The zero-order chi connectivity index (χ0) is 16.9. The van der Waals surface area contributed by atoms with Gasteiger partial charge in [0.25, 0.3) is 0 Å². The number of esters is 1. The number of benzene rings is 2. The Kier molecular flexibility index (Phi) is 4.56. The molecule has 0 aliphatic rings. The number of methoxy groups -OCH3 is 1. The fourth-order valence-electron chi connectivity index (χ4n) is 2.32. The van der Waals surface area contributed by atoms with Crippen LogP contribution >= 0.6 is 0 Å². The standard InChI is InChI=1S/C18H16FN3O2/c1-24-18(23)14-3-5-15(6-4-14)21-11-13-2-7-17(16(19)10-13)22-9-8-20-12-22/h2-10,12,21H,11H2,1H3. The summed E-state index contributed by atoms with van der Waals surface area (Å²) in [5.74, 6) is -0.688. The van der Waals surface area contributed by atoms with Gasteiger partial charge in [-0.1, -0.05) is 6.07 Å². The Morgan fingerprint density at radius 2 is 2.04 bits per heavy atom. The quantitative estimate of drug-likeness (QED) is 0.730. The van der Waals surface area contributed by atoms with Crippen molar-refractivity contribution in [3.05, 3.63) is 78.1 Å². The SMILES string of the molecule is COC(=O)c1ccc(NCc2ccc(-n3ccnc3)c(F)c2)cc1.